The molecule has 1 amide bonds. The summed E-state index contributed by atoms with van der Waals surface area (Å²) in [6, 6.07) is 22.4. The van der Waals surface area contributed by atoms with E-state index in [0.717, 1.165) is 28.3 Å². The van der Waals surface area contributed by atoms with Crippen LogP contribution in [0.25, 0.3) is 5.69 Å². The number of nitrogens with one attached hydrogen (secondary N) is 2. The van der Waals surface area contributed by atoms with Crippen molar-refractivity contribution in [2.75, 3.05) is 11.9 Å². The monoisotopic (exact) mass is 537 g/mol. The maximum Gasteiger partial charge on any atom is 0.226 e. The lowest BCUT2D eigenvalue weighted by Crippen LogP contribution is -2.32. The molecule has 5 rings (SSSR count). The van der Waals surface area contributed by atoms with E-state index < -0.39 is 0 Å². The van der Waals surface area contributed by atoms with Crippen molar-refractivity contribution in [2.24, 2.45) is 0 Å². The number of aromatic nitrogens is 2. The van der Waals surface area contributed by atoms with Crippen molar-refractivity contribution in [1.82, 2.24) is 19.8 Å². The highest BCUT2D eigenvalue weighted by molar-refractivity contribution is 7.80. The van der Waals surface area contributed by atoms with E-state index in [-0.39, 0.29) is 18.0 Å². The quantitative estimate of drug-likeness (QED) is 0.267. The van der Waals surface area contributed by atoms with Crippen LogP contribution >= 0.6 is 12.2 Å². The lowest BCUT2D eigenvalue weighted by molar-refractivity contribution is -0.116. The number of hydrogen-bond acceptors (Lipinski definition) is 3. The second-order valence-corrected chi connectivity index (χ2v) is 10.8. The first-order valence-corrected chi connectivity index (χ1v) is 13.7. The van der Waals surface area contributed by atoms with Crippen LogP contribution in [-0.4, -0.2) is 32.0 Å². The maximum atomic E-state index is 12.9. The summed E-state index contributed by atoms with van der Waals surface area (Å²) in [6.45, 7) is 11.1. The van der Waals surface area contributed by atoms with E-state index >= 15 is 0 Å². The molecule has 1 saturated heterocycles. The van der Waals surface area contributed by atoms with Crippen LogP contribution in [0.1, 0.15) is 57.8 Å². The van der Waals surface area contributed by atoms with Gasteiger partial charge in [0.25, 0.3) is 0 Å². The second-order valence-electron chi connectivity index (χ2n) is 10.4. The molecule has 7 heteroatoms. The zero-order valence-corrected chi connectivity index (χ0v) is 24.0. The summed E-state index contributed by atoms with van der Waals surface area (Å²) in [5, 5.41) is 7.17. The molecular weight excluding hydrogens is 502 g/mol. The zero-order valence-electron chi connectivity index (χ0n) is 23.2. The van der Waals surface area contributed by atoms with Crippen molar-refractivity contribution in [3.05, 3.63) is 112 Å². The largest absolute Gasteiger partial charge is 0.352 e. The van der Waals surface area contributed by atoms with Gasteiger partial charge in [0.05, 0.1) is 17.8 Å². The Morgan fingerprint density at radius 3 is 2.44 bits per heavy atom. The van der Waals surface area contributed by atoms with Crippen LogP contribution in [0, 0.1) is 34.6 Å². The number of carbonyl (C=O) groups is 1. The number of anilines is 1. The molecule has 0 radical (unpaired) electrons. The molecular formula is C32H35N5OS. The minimum Gasteiger partial charge on any atom is -0.352 e. The highest BCUT2D eigenvalue weighted by atomic mass is 32.1. The highest BCUT2D eigenvalue weighted by Crippen LogP contribution is 2.41. The Bertz CT molecular complexity index is 1510. The summed E-state index contributed by atoms with van der Waals surface area (Å²) < 4.78 is 2.33. The van der Waals surface area contributed by atoms with Gasteiger partial charge < -0.3 is 20.1 Å². The number of nitrogens with zero attached hydrogens (tertiary/aromatic N) is 3. The summed E-state index contributed by atoms with van der Waals surface area (Å²) in [6.07, 6.45) is 2.13. The maximum absolute atomic E-state index is 12.9. The van der Waals surface area contributed by atoms with Gasteiger partial charge >= 0.3 is 0 Å². The standard InChI is InChI=1S/C32H35N5OS/c1-20-10-13-25(14-11-20)34-29(38)15-17-36-31(30(35-32(36)39)27-8-6-7-16-33-27)26-19-23(4)37(24(26)5)28-18-21(2)9-12-22(28)3/h6-14,16,18-19,30-31H,15,17H2,1-5H3,(H,34,38)(H,35,39)/t30-,31+/m1/s1. The smallest absolute Gasteiger partial charge is 0.226 e. The Balaban J connectivity index is 1.48. The number of amides is 1. The number of aryl methyl sites for hydroxylation is 4. The van der Waals surface area contributed by atoms with E-state index in [4.69, 9.17) is 12.2 Å². The minimum atomic E-state index is -0.133. The van der Waals surface area contributed by atoms with Crippen molar-refractivity contribution in [3.63, 3.8) is 0 Å². The van der Waals surface area contributed by atoms with E-state index in [9.17, 15) is 4.79 Å². The van der Waals surface area contributed by atoms with E-state index in [1.54, 1.807) is 0 Å². The second kappa shape index (κ2) is 11.0. The number of hydrogen-bond donors (Lipinski definition) is 2. The van der Waals surface area contributed by atoms with Crippen LogP contribution < -0.4 is 10.6 Å². The highest BCUT2D eigenvalue weighted by Gasteiger charge is 2.41. The zero-order chi connectivity index (χ0) is 27.7. The van der Waals surface area contributed by atoms with Crippen LogP contribution in [0.5, 0.6) is 0 Å². The predicted molar refractivity (Wildman–Crippen MR) is 161 cm³/mol. The lowest BCUT2D eigenvalue weighted by atomic mass is 9.96. The summed E-state index contributed by atoms with van der Waals surface area (Å²) in [7, 11) is 0. The molecule has 0 bridgehead atoms. The van der Waals surface area contributed by atoms with Crippen molar-refractivity contribution >= 4 is 28.9 Å². The number of pyridine rings is 1. The number of benzene rings is 2. The van der Waals surface area contributed by atoms with Crippen LogP contribution in [-0.2, 0) is 4.79 Å². The molecule has 200 valence electrons. The van der Waals surface area contributed by atoms with E-state index in [1.165, 1.54) is 22.4 Å². The summed E-state index contributed by atoms with van der Waals surface area (Å²) >= 11 is 5.85. The van der Waals surface area contributed by atoms with Crippen molar-refractivity contribution in [2.45, 2.75) is 53.1 Å². The predicted octanol–water partition coefficient (Wildman–Crippen LogP) is 6.42. The molecule has 3 heterocycles. The van der Waals surface area contributed by atoms with Gasteiger partial charge in [-0.15, -0.1) is 0 Å². The molecule has 0 unspecified atom stereocenters. The third-order valence-corrected chi connectivity index (χ3v) is 7.86. The van der Waals surface area contributed by atoms with Crippen LogP contribution in [0.2, 0.25) is 0 Å². The molecule has 0 saturated carbocycles. The first kappa shape index (κ1) is 26.6. The molecule has 2 aromatic heterocycles. The van der Waals surface area contributed by atoms with Gasteiger partial charge in [0.1, 0.15) is 0 Å². The molecule has 1 fully saturated rings. The molecule has 2 aromatic carbocycles. The number of carbonyl (C=O) groups excluding carboxylic acids is 1. The molecule has 6 nitrogen and oxygen atoms in total. The van der Waals surface area contributed by atoms with Gasteiger partial charge in [-0.1, -0.05) is 35.9 Å². The molecule has 1 aliphatic heterocycles. The summed E-state index contributed by atoms with van der Waals surface area (Å²) in [4.78, 5) is 19.7. The average molecular weight is 538 g/mol. The van der Waals surface area contributed by atoms with Crippen molar-refractivity contribution < 1.29 is 4.79 Å². The Morgan fingerprint density at radius 1 is 0.974 bits per heavy atom. The third kappa shape index (κ3) is 5.45. The van der Waals surface area contributed by atoms with Gasteiger partial charge in [-0.25, -0.2) is 0 Å². The van der Waals surface area contributed by atoms with Gasteiger partial charge in [0.2, 0.25) is 5.91 Å². The SMILES string of the molecule is Cc1ccc(NC(=O)CCN2C(=S)N[C@H](c3ccccn3)[C@@H]2c2cc(C)n(-c3cc(C)ccc3C)c2C)cc1. The first-order chi connectivity index (χ1) is 18.7. The van der Waals surface area contributed by atoms with Crippen LogP contribution in [0.15, 0.2) is 72.9 Å². The molecule has 4 aromatic rings. The fourth-order valence-corrected chi connectivity index (χ4v) is 5.82. The van der Waals surface area contributed by atoms with E-state index in [0.29, 0.717) is 18.1 Å². The van der Waals surface area contributed by atoms with Gasteiger partial charge in [-0.3, -0.25) is 9.78 Å². The Hall–Kier alpha value is -3.97. The minimum absolute atomic E-state index is 0.0393. The van der Waals surface area contributed by atoms with Crippen LogP contribution in [0.3, 0.4) is 0 Å². The fraction of sp³-hybridized carbons (Fsp3) is 0.281. The van der Waals surface area contributed by atoms with E-state index in [2.05, 4.69) is 77.0 Å². The van der Waals surface area contributed by atoms with Gasteiger partial charge in [0, 0.05) is 41.9 Å². The van der Waals surface area contributed by atoms with E-state index in [1.807, 2.05) is 55.6 Å². The molecule has 0 aliphatic carbocycles. The normalized spacial score (nSPS) is 16.8. The molecule has 2 atom stereocenters. The summed E-state index contributed by atoms with van der Waals surface area (Å²) in [5.41, 5.74) is 10.0. The molecule has 39 heavy (non-hydrogen) atoms. The third-order valence-electron chi connectivity index (χ3n) is 7.51. The fourth-order valence-electron chi connectivity index (χ4n) is 5.49. The van der Waals surface area contributed by atoms with Gasteiger partial charge in [-0.2, -0.15) is 0 Å². The first-order valence-electron chi connectivity index (χ1n) is 13.3. The lowest BCUT2D eigenvalue weighted by Gasteiger charge is -2.28. The number of rotatable bonds is 7. The Labute approximate surface area is 236 Å². The van der Waals surface area contributed by atoms with Gasteiger partial charge in [0.15, 0.2) is 5.11 Å². The molecule has 2 N–H and O–H groups in total. The number of thiocarbonyl (C=S) groups is 1. The molecule has 0 spiro atoms. The van der Waals surface area contributed by atoms with Gasteiger partial charge in [-0.05, 0) is 99.9 Å². The summed E-state index contributed by atoms with van der Waals surface area (Å²) in [5.74, 6) is -0.0393. The Morgan fingerprint density at radius 2 is 1.72 bits per heavy atom. The Kier molecular flexibility index (Phi) is 7.53. The van der Waals surface area contributed by atoms with Crippen molar-refractivity contribution in [1.29, 1.82) is 0 Å². The average Bonchev–Trinajstić information content (AvgIpc) is 3.40. The topological polar surface area (TPSA) is 62.2 Å². The van der Waals surface area contributed by atoms with Crippen molar-refractivity contribution in [3.8, 4) is 5.69 Å². The van der Waals surface area contributed by atoms with Crippen LogP contribution in [0.4, 0.5) is 5.69 Å². The molecule has 1 aliphatic rings.